The van der Waals surface area contributed by atoms with Crippen molar-refractivity contribution < 1.29 is 9.53 Å². The Morgan fingerprint density at radius 2 is 2.11 bits per heavy atom. The second-order valence-corrected chi connectivity index (χ2v) is 3.99. The Morgan fingerprint density at radius 1 is 1.33 bits per heavy atom. The Kier molecular flexibility index (Phi) is 3.48. The molecule has 2 aromatic rings. The number of nitrogens with zero attached hydrogens (tertiary/aromatic N) is 1. The second kappa shape index (κ2) is 5.06. The number of aromatic nitrogens is 1. The molecule has 0 bridgehead atoms. The number of esters is 1. The van der Waals surface area contributed by atoms with Gasteiger partial charge in [-0.05, 0) is 30.3 Å². The van der Waals surface area contributed by atoms with E-state index in [1.54, 1.807) is 36.5 Å². The van der Waals surface area contributed by atoms with Crippen molar-refractivity contribution in [1.29, 1.82) is 0 Å². The van der Waals surface area contributed by atoms with Crippen molar-refractivity contribution >= 4 is 23.3 Å². The zero-order valence-electron chi connectivity index (χ0n) is 9.68. The molecule has 1 aromatic carbocycles. The molecule has 4 nitrogen and oxygen atoms in total. The first-order valence-electron chi connectivity index (χ1n) is 5.22. The fourth-order valence-corrected chi connectivity index (χ4v) is 1.84. The van der Waals surface area contributed by atoms with Crippen molar-refractivity contribution in [1.82, 2.24) is 4.98 Å². The van der Waals surface area contributed by atoms with Gasteiger partial charge < -0.3 is 10.5 Å². The molecule has 0 amide bonds. The molecule has 1 aromatic heterocycles. The zero-order chi connectivity index (χ0) is 13.1. The van der Waals surface area contributed by atoms with Gasteiger partial charge >= 0.3 is 5.97 Å². The van der Waals surface area contributed by atoms with Crippen LogP contribution in [-0.2, 0) is 4.74 Å². The van der Waals surface area contributed by atoms with E-state index in [9.17, 15) is 4.79 Å². The number of anilines is 1. The standard InChI is InChI=1S/C13H11ClN2O2/c1-18-13(17)8-4-5-11(15)10(7-8)9-3-2-6-16-12(9)14/h2-7H,15H2,1H3. The average Bonchev–Trinajstić information content (AvgIpc) is 2.39. The van der Waals surface area contributed by atoms with Crippen LogP contribution in [0.5, 0.6) is 0 Å². The van der Waals surface area contributed by atoms with Crippen molar-refractivity contribution in [3.8, 4) is 11.1 Å². The van der Waals surface area contributed by atoms with Gasteiger partial charge in [0.1, 0.15) is 5.15 Å². The van der Waals surface area contributed by atoms with E-state index in [0.717, 1.165) is 0 Å². The van der Waals surface area contributed by atoms with E-state index in [4.69, 9.17) is 17.3 Å². The van der Waals surface area contributed by atoms with Crippen LogP contribution in [0.15, 0.2) is 36.5 Å². The normalized spacial score (nSPS) is 10.1. The van der Waals surface area contributed by atoms with Crippen LogP contribution in [0.3, 0.4) is 0 Å². The molecule has 0 aliphatic carbocycles. The van der Waals surface area contributed by atoms with E-state index >= 15 is 0 Å². The number of hydrogen-bond acceptors (Lipinski definition) is 4. The van der Waals surface area contributed by atoms with Crippen LogP contribution >= 0.6 is 11.6 Å². The van der Waals surface area contributed by atoms with Crippen molar-refractivity contribution in [2.45, 2.75) is 0 Å². The molecule has 18 heavy (non-hydrogen) atoms. The van der Waals surface area contributed by atoms with E-state index in [-0.39, 0.29) is 0 Å². The van der Waals surface area contributed by atoms with E-state index in [1.807, 2.05) is 0 Å². The lowest BCUT2D eigenvalue weighted by molar-refractivity contribution is 0.0601. The lowest BCUT2D eigenvalue weighted by Crippen LogP contribution is -2.02. The molecule has 0 fully saturated rings. The van der Waals surface area contributed by atoms with Crippen LogP contribution in [0.2, 0.25) is 5.15 Å². The summed E-state index contributed by atoms with van der Waals surface area (Å²) in [6.45, 7) is 0. The summed E-state index contributed by atoms with van der Waals surface area (Å²) >= 11 is 6.01. The number of rotatable bonds is 2. The van der Waals surface area contributed by atoms with E-state index in [2.05, 4.69) is 9.72 Å². The Balaban J connectivity index is 2.57. The van der Waals surface area contributed by atoms with Crippen LogP contribution in [0, 0.1) is 0 Å². The highest BCUT2D eigenvalue weighted by Crippen LogP contribution is 2.31. The van der Waals surface area contributed by atoms with Gasteiger partial charge in [-0.1, -0.05) is 11.6 Å². The first kappa shape index (κ1) is 12.4. The van der Waals surface area contributed by atoms with Gasteiger partial charge in [0.05, 0.1) is 12.7 Å². The molecule has 0 saturated heterocycles. The number of carbonyl (C=O) groups is 1. The predicted molar refractivity (Wildman–Crippen MR) is 70.4 cm³/mol. The van der Waals surface area contributed by atoms with Crippen LogP contribution in [0.4, 0.5) is 5.69 Å². The second-order valence-electron chi connectivity index (χ2n) is 3.64. The Morgan fingerprint density at radius 3 is 2.78 bits per heavy atom. The highest BCUT2D eigenvalue weighted by Gasteiger charge is 2.12. The van der Waals surface area contributed by atoms with Crippen LogP contribution in [-0.4, -0.2) is 18.1 Å². The molecule has 0 spiro atoms. The van der Waals surface area contributed by atoms with Crippen molar-refractivity contribution in [2.24, 2.45) is 0 Å². The van der Waals surface area contributed by atoms with Crippen molar-refractivity contribution in [2.75, 3.05) is 12.8 Å². The molecule has 92 valence electrons. The SMILES string of the molecule is COC(=O)c1ccc(N)c(-c2cccnc2Cl)c1. The third kappa shape index (κ3) is 2.28. The fraction of sp³-hybridized carbons (Fsp3) is 0.0769. The number of benzene rings is 1. The number of methoxy groups -OCH3 is 1. The highest BCUT2D eigenvalue weighted by atomic mass is 35.5. The van der Waals surface area contributed by atoms with E-state index in [1.165, 1.54) is 7.11 Å². The molecular formula is C13H11ClN2O2. The summed E-state index contributed by atoms with van der Waals surface area (Å²) in [5.74, 6) is -0.420. The topological polar surface area (TPSA) is 65.2 Å². The van der Waals surface area contributed by atoms with E-state index in [0.29, 0.717) is 27.5 Å². The van der Waals surface area contributed by atoms with Crippen LogP contribution < -0.4 is 5.73 Å². The minimum atomic E-state index is -0.420. The van der Waals surface area contributed by atoms with Gasteiger partial charge in [0.25, 0.3) is 0 Å². The minimum Gasteiger partial charge on any atom is -0.465 e. The minimum absolute atomic E-state index is 0.339. The predicted octanol–water partition coefficient (Wildman–Crippen LogP) is 2.77. The summed E-state index contributed by atoms with van der Waals surface area (Å²) in [5.41, 5.74) is 8.18. The van der Waals surface area contributed by atoms with Crippen molar-refractivity contribution in [3.05, 3.63) is 47.2 Å². The van der Waals surface area contributed by atoms with Crippen LogP contribution in [0.25, 0.3) is 11.1 Å². The average molecular weight is 263 g/mol. The van der Waals surface area contributed by atoms with Gasteiger partial charge in [-0.3, -0.25) is 0 Å². The maximum atomic E-state index is 11.5. The van der Waals surface area contributed by atoms with Gasteiger partial charge in [-0.25, -0.2) is 9.78 Å². The first-order chi connectivity index (χ1) is 8.63. The molecule has 1 heterocycles. The third-order valence-corrected chi connectivity index (χ3v) is 2.82. The summed E-state index contributed by atoms with van der Waals surface area (Å²) in [6.07, 6.45) is 1.59. The quantitative estimate of drug-likeness (QED) is 0.513. The number of nitrogens with two attached hydrogens (primary N) is 1. The Hall–Kier alpha value is -2.07. The molecule has 2 N–H and O–H groups in total. The molecule has 0 atom stereocenters. The molecule has 0 aliphatic heterocycles. The number of pyridine rings is 1. The summed E-state index contributed by atoms with van der Waals surface area (Å²) in [7, 11) is 1.33. The molecular weight excluding hydrogens is 252 g/mol. The van der Waals surface area contributed by atoms with E-state index < -0.39 is 5.97 Å². The number of carbonyl (C=O) groups excluding carboxylic acids is 1. The molecule has 0 saturated carbocycles. The number of hydrogen-bond donors (Lipinski definition) is 1. The largest absolute Gasteiger partial charge is 0.465 e. The smallest absolute Gasteiger partial charge is 0.337 e. The van der Waals surface area contributed by atoms with Gasteiger partial charge in [0.2, 0.25) is 0 Å². The molecule has 5 heteroatoms. The number of halogens is 1. The summed E-state index contributed by atoms with van der Waals surface area (Å²) < 4.78 is 4.67. The lowest BCUT2D eigenvalue weighted by Gasteiger charge is -2.09. The van der Waals surface area contributed by atoms with Gasteiger partial charge in [-0.2, -0.15) is 0 Å². The molecule has 2 rings (SSSR count). The zero-order valence-corrected chi connectivity index (χ0v) is 10.4. The third-order valence-electron chi connectivity index (χ3n) is 2.52. The lowest BCUT2D eigenvalue weighted by atomic mass is 10.0. The Bertz CT molecular complexity index is 599. The Labute approximate surface area is 109 Å². The van der Waals surface area contributed by atoms with Crippen LogP contribution in [0.1, 0.15) is 10.4 Å². The number of ether oxygens (including phenoxy) is 1. The van der Waals surface area contributed by atoms with Gasteiger partial charge in [-0.15, -0.1) is 0 Å². The monoisotopic (exact) mass is 262 g/mol. The van der Waals surface area contributed by atoms with Crippen molar-refractivity contribution in [3.63, 3.8) is 0 Å². The fourth-order valence-electron chi connectivity index (χ4n) is 1.62. The summed E-state index contributed by atoms with van der Waals surface area (Å²) in [5, 5.41) is 0.339. The molecule has 0 radical (unpaired) electrons. The first-order valence-corrected chi connectivity index (χ1v) is 5.60. The van der Waals surface area contributed by atoms with Gasteiger partial charge in [0.15, 0.2) is 0 Å². The maximum Gasteiger partial charge on any atom is 0.337 e. The summed E-state index contributed by atoms with van der Waals surface area (Å²) in [4.78, 5) is 15.5. The van der Waals surface area contributed by atoms with Gasteiger partial charge in [0, 0.05) is 23.0 Å². The maximum absolute atomic E-state index is 11.5. The highest BCUT2D eigenvalue weighted by molar-refractivity contribution is 6.32. The molecule has 0 unspecified atom stereocenters. The summed E-state index contributed by atoms with van der Waals surface area (Å²) in [6, 6.07) is 8.44. The molecule has 0 aliphatic rings. The number of nitrogen functional groups attached to an aromatic ring is 1.